The monoisotopic (exact) mass is 466 g/mol. The lowest BCUT2D eigenvalue weighted by Crippen LogP contribution is -2.84. The number of nitrogens with two attached hydrogens (primary N) is 2. The summed E-state index contributed by atoms with van der Waals surface area (Å²) < 4.78 is 15.7. The van der Waals surface area contributed by atoms with Gasteiger partial charge in [-0.2, -0.15) is 0 Å². The van der Waals surface area contributed by atoms with Crippen molar-refractivity contribution in [3.8, 4) is 11.5 Å². The Bertz CT molecular complexity index is 1020. The van der Waals surface area contributed by atoms with E-state index in [9.17, 15) is 4.79 Å². The van der Waals surface area contributed by atoms with E-state index in [0.29, 0.717) is 41.2 Å². The Morgan fingerprint density at radius 2 is 1.97 bits per heavy atom. The molecule has 1 aromatic heterocycles. The number of nitrogen functional groups attached to an aromatic ring is 1. The SMILES string of the molecule is COc1cc(C[NH2+]CCNC(=O)c2nonc2N)ccc1OCc1c(Cl)cccc1Cl. The summed E-state index contributed by atoms with van der Waals surface area (Å²) in [4.78, 5) is 11.9. The molecule has 11 heteroatoms. The molecule has 164 valence electrons. The molecule has 0 bridgehead atoms. The molecular formula is C20H22Cl2N5O4+. The van der Waals surface area contributed by atoms with Crippen molar-refractivity contribution < 1.29 is 24.2 Å². The molecule has 5 N–H and O–H groups in total. The number of nitrogens with zero attached hydrogens (tertiary/aromatic N) is 2. The van der Waals surface area contributed by atoms with Gasteiger partial charge in [0.2, 0.25) is 11.5 Å². The highest BCUT2D eigenvalue weighted by Crippen LogP contribution is 2.31. The standard InChI is InChI=1S/C20H21Cl2N5O4/c1-29-17-9-12(10-24-7-8-25-20(28)18-19(23)27-31-26-18)5-6-16(17)30-11-13-14(21)3-2-4-15(13)22/h2-6,9,24H,7-8,10-11H2,1H3,(H2,23,27)(H,25,28)/p+1. The Morgan fingerprint density at radius 1 is 1.19 bits per heavy atom. The first-order valence-electron chi connectivity index (χ1n) is 9.40. The number of rotatable bonds is 10. The minimum atomic E-state index is -0.422. The van der Waals surface area contributed by atoms with Crippen molar-refractivity contribution in [1.82, 2.24) is 15.6 Å². The molecule has 0 aliphatic heterocycles. The van der Waals surface area contributed by atoms with Crippen LogP contribution >= 0.6 is 23.2 Å². The molecule has 3 rings (SSSR count). The number of hydrogen-bond acceptors (Lipinski definition) is 7. The lowest BCUT2D eigenvalue weighted by Gasteiger charge is -2.13. The summed E-state index contributed by atoms with van der Waals surface area (Å²) >= 11 is 12.4. The van der Waals surface area contributed by atoms with E-state index in [4.69, 9.17) is 38.4 Å². The van der Waals surface area contributed by atoms with Crippen molar-refractivity contribution >= 4 is 34.9 Å². The number of hydrogen-bond donors (Lipinski definition) is 3. The molecule has 0 radical (unpaired) electrons. The van der Waals surface area contributed by atoms with E-state index in [0.717, 1.165) is 11.1 Å². The molecule has 1 amide bonds. The van der Waals surface area contributed by atoms with Crippen molar-refractivity contribution in [2.75, 3.05) is 25.9 Å². The summed E-state index contributed by atoms with van der Waals surface area (Å²) in [7, 11) is 1.58. The van der Waals surface area contributed by atoms with Crippen LogP contribution in [0.1, 0.15) is 21.6 Å². The third kappa shape index (κ3) is 6.00. The number of amides is 1. The van der Waals surface area contributed by atoms with Gasteiger partial charge in [0.05, 0.1) is 20.2 Å². The zero-order valence-electron chi connectivity index (χ0n) is 16.7. The maximum atomic E-state index is 11.9. The molecule has 0 spiro atoms. The lowest BCUT2D eigenvalue weighted by atomic mass is 10.2. The van der Waals surface area contributed by atoms with Gasteiger partial charge in [-0.05, 0) is 40.6 Å². The number of nitrogens with one attached hydrogen (secondary N) is 1. The number of aromatic nitrogens is 2. The second kappa shape index (κ2) is 10.9. The number of benzene rings is 2. The summed E-state index contributed by atoms with van der Waals surface area (Å²) in [5.74, 6) is 0.742. The number of quaternary nitrogens is 1. The van der Waals surface area contributed by atoms with Crippen LogP contribution in [0.15, 0.2) is 41.0 Å². The Morgan fingerprint density at radius 3 is 2.65 bits per heavy atom. The van der Waals surface area contributed by atoms with E-state index < -0.39 is 5.91 Å². The summed E-state index contributed by atoms with van der Waals surface area (Å²) in [6.45, 7) is 2.01. The predicted molar refractivity (Wildman–Crippen MR) is 115 cm³/mol. The van der Waals surface area contributed by atoms with E-state index in [1.165, 1.54) is 0 Å². The number of carbonyl (C=O) groups excluding carboxylic acids is 1. The Hall–Kier alpha value is -3.01. The lowest BCUT2D eigenvalue weighted by molar-refractivity contribution is -0.668. The van der Waals surface area contributed by atoms with Crippen molar-refractivity contribution in [2.24, 2.45) is 0 Å². The first-order chi connectivity index (χ1) is 15.0. The number of anilines is 1. The van der Waals surface area contributed by atoms with Gasteiger partial charge in [-0.15, -0.1) is 0 Å². The van der Waals surface area contributed by atoms with Crippen LogP contribution in [0, 0.1) is 0 Å². The highest BCUT2D eigenvalue weighted by atomic mass is 35.5. The van der Waals surface area contributed by atoms with Crippen LogP contribution < -0.4 is 25.8 Å². The van der Waals surface area contributed by atoms with Gasteiger partial charge in [-0.25, -0.2) is 4.63 Å². The molecule has 3 aromatic rings. The predicted octanol–water partition coefficient (Wildman–Crippen LogP) is 2.04. The molecule has 0 atom stereocenters. The van der Waals surface area contributed by atoms with Gasteiger partial charge in [0, 0.05) is 21.2 Å². The molecule has 0 saturated heterocycles. The van der Waals surface area contributed by atoms with E-state index in [1.807, 2.05) is 23.5 Å². The van der Waals surface area contributed by atoms with Crippen molar-refractivity contribution in [2.45, 2.75) is 13.2 Å². The highest BCUT2D eigenvalue weighted by molar-refractivity contribution is 6.35. The molecule has 0 saturated carbocycles. The Labute approximate surface area is 188 Å². The van der Waals surface area contributed by atoms with Gasteiger partial charge < -0.3 is 25.8 Å². The average molecular weight is 467 g/mol. The van der Waals surface area contributed by atoms with Crippen molar-refractivity contribution in [3.63, 3.8) is 0 Å². The van der Waals surface area contributed by atoms with Crippen LogP contribution in [-0.4, -0.2) is 36.4 Å². The second-order valence-corrected chi connectivity index (χ2v) is 7.32. The minimum Gasteiger partial charge on any atom is -0.493 e. The molecular weight excluding hydrogens is 445 g/mol. The van der Waals surface area contributed by atoms with Crippen LogP contribution in [0.5, 0.6) is 11.5 Å². The largest absolute Gasteiger partial charge is 0.493 e. The maximum Gasteiger partial charge on any atom is 0.277 e. The molecule has 2 aromatic carbocycles. The zero-order chi connectivity index (χ0) is 22.2. The van der Waals surface area contributed by atoms with Crippen molar-refractivity contribution in [1.29, 1.82) is 0 Å². The molecule has 1 heterocycles. The summed E-state index contributed by atoms with van der Waals surface area (Å²) in [6.07, 6.45) is 0. The topological polar surface area (TPSA) is 129 Å². The summed E-state index contributed by atoms with van der Waals surface area (Å²) in [5, 5.41) is 12.7. The quantitative estimate of drug-likeness (QED) is 0.389. The second-order valence-electron chi connectivity index (χ2n) is 6.51. The highest BCUT2D eigenvalue weighted by Gasteiger charge is 2.15. The number of halogens is 2. The fourth-order valence-corrected chi connectivity index (χ4v) is 3.28. The molecule has 31 heavy (non-hydrogen) atoms. The Kier molecular flexibility index (Phi) is 7.94. The summed E-state index contributed by atoms with van der Waals surface area (Å²) in [5.41, 5.74) is 7.23. The van der Waals surface area contributed by atoms with Crippen LogP contribution in [0.3, 0.4) is 0 Å². The van der Waals surface area contributed by atoms with E-state index in [-0.39, 0.29) is 18.1 Å². The van der Waals surface area contributed by atoms with Crippen LogP contribution in [-0.2, 0) is 13.2 Å². The van der Waals surface area contributed by atoms with Gasteiger partial charge >= 0.3 is 0 Å². The fraction of sp³-hybridized carbons (Fsp3) is 0.250. The van der Waals surface area contributed by atoms with Crippen LogP contribution in [0.2, 0.25) is 10.0 Å². The Balaban J connectivity index is 1.48. The van der Waals surface area contributed by atoms with Gasteiger partial charge in [-0.3, -0.25) is 4.79 Å². The average Bonchev–Trinajstić information content (AvgIpc) is 3.19. The van der Waals surface area contributed by atoms with Gasteiger partial charge in [-0.1, -0.05) is 29.3 Å². The van der Waals surface area contributed by atoms with E-state index >= 15 is 0 Å². The molecule has 0 unspecified atom stereocenters. The zero-order valence-corrected chi connectivity index (χ0v) is 18.2. The van der Waals surface area contributed by atoms with Gasteiger partial charge in [0.1, 0.15) is 13.2 Å². The fourth-order valence-electron chi connectivity index (χ4n) is 2.77. The number of methoxy groups -OCH3 is 1. The third-order valence-electron chi connectivity index (χ3n) is 4.40. The molecule has 9 nitrogen and oxygen atoms in total. The molecule has 0 aliphatic carbocycles. The van der Waals surface area contributed by atoms with Gasteiger partial charge in [0.15, 0.2) is 11.5 Å². The first kappa shape index (κ1) is 22.7. The van der Waals surface area contributed by atoms with Crippen LogP contribution in [0.4, 0.5) is 5.82 Å². The summed E-state index contributed by atoms with van der Waals surface area (Å²) in [6, 6.07) is 11.0. The smallest absolute Gasteiger partial charge is 0.277 e. The van der Waals surface area contributed by atoms with Gasteiger partial charge in [0.25, 0.3) is 5.91 Å². The number of ether oxygens (including phenoxy) is 2. The molecule has 0 aliphatic rings. The maximum absolute atomic E-state index is 11.9. The first-order valence-corrected chi connectivity index (χ1v) is 10.2. The van der Waals surface area contributed by atoms with Crippen LogP contribution in [0.25, 0.3) is 0 Å². The van der Waals surface area contributed by atoms with E-state index in [1.54, 1.807) is 25.3 Å². The number of carbonyl (C=O) groups is 1. The van der Waals surface area contributed by atoms with Crippen molar-refractivity contribution in [3.05, 3.63) is 63.3 Å². The molecule has 0 fully saturated rings. The normalized spacial score (nSPS) is 10.7. The van der Waals surface area contributed by atoms with E-state index in [2.05, 4.69) is 20.3 Å². The minimum absolute atomic E-state index is 0.0154. The third-order valence-corrected chi connectivity index (χ3v) is 5.11.